The molecular formula is C24H28O6S. The Morgan fingerprint density at radius 2 is 1.84 bits per heavy atom. The average Bonchev–Trinajstić information content (AvgIpc) is 2.75. The number of benzene rings is 2. The van der Waals surface area contributed by atoms with Gasteiger partial charge in [-0.05, 0) is 54.2 Å². The number of sulfone groups is 1. The monoisotopic (exact) mass is 444 g/mol. The maximum absolute atomic E-state index is 12.5. The van der Waals surface area contributed by atoms with Gasteiger partial charge in [0.15, 0.2) is 9.84 Å². The summed E-state index contributed by atoms with van der Waals surface area (Å²) in [5.74, 6) is -1.39. The van der Waals surface area contributed by atoms with Gasteiger partial charge in [-0.15, -0.1) is 0 Å². The molecular weight excluding hydrogens is 416 g/mol. The Balaban J connectivity index is 2.10. The van der Waals surface area contributed by atoms with E-state index in [4.69, 9.17) is 4.74 Å². The third kappa shape index (κ3) is 6.79. The minimum Gasteiger partial charge on any atom is -0.497 e. The number of hydrogen-bond donors (Lipinski definition) is 1. The first-order valence-corrected chi connectivity index (χ1v) is 11.5. The number of methoxy groups -OCH3 is 1. The van der Waals surface area contributed by atoms with Crippen molar-refractivity contribution in [2.45, 2.75) is 43.9 Å². The molecule has 0 saturated carbocycles. The first-order chi connectivity index (χ1) is 14.6. The largest absolute Gasteiger partial charge is 0.497 e. The van der Waals surface area contributed by atoms with Gasteiger partial charge in [0.05, 0.1) is 17.9 Å². The molecule has 2 aromatic carbocycles. The van der Waals surface area contributed by atoms with E-state index in [1.165, 1.54) is 12.5 Å². The highest BCUT2D eigenvalue weighted by molar-refractivity contribution is 7.94. The smallest absolute Gasteiger partial charge is 0.310 e. The average molecular weight is 445 g/mol. The van der Waals surface area contributed by atoms with E-state index in [0.29, 0.717) is 42.4 Å². The minimum atomic E-state index is -3.54. The summed E-state index contributed by atoms with van der Waals surface area (Å²) in [6, 6.07) is 12.9. The highest BCUT2D eigenvalue weighted by Gasteiger charge is 2.25. The summed E-state index contributed by atoms with van der Waals surface area (Å²) in [5.41, 5.74) is 0.287. The third-order valence-corrected chi connectivity index (χ3v) is 6.60. The molecule has 0 radical (unpaired) electrons. The fourth-order valence-electron chi connectivity index (χ4n) is 3.31. The van der Waals surface area contributed by atoms with E-state index in [0.717, 1.165) is 0 Å². The highest BCUT2D eigenvalue weighted by atomic mass is 32.2. The lowest BCUT2D eigenvalue weighted by Gasteiger charge is -2.22. The molecule has 0 heterocycles. The van der Waals surface area contributed by atoms with Crippen LogP contribution in [0, 0.1) is 5.41 Å². The summed E-state index contributed by atoms with van der Waals surface area (Å²) in [6.07, 6.45) is 3.72. The molecule has 0 saturated heterocycles. The predicted octanol–water partition coefficient (Wildman–Crippen LogP) is 4.86. The summed E-state index contributed by atoms with van der Waals surface area (Å²) >= 11 is 0. The topological polar surface area (TPSA) is 97.7 Å². The Bertz CT molecular complexity index is 1040. The zero-order valence-electron chi connectivity index (χ0n) is 17.9. The second-order valence-electron chi connectivity index (χ2n) is 8.05. The molecule has 0 aliphatic heterocycles. The van der Waals surface area contributed by atoms with Gasteiger partial charge in [0, 0.05) is 11.0 Å². The van der Waals surface area contributed by atoms with Crippen molar-refractivity contribution in [2.75, 3.05) is 7.11 Å². The molecule has 166 valence electrons. The van der Waals surface area contributed by atoms with Crippen LogP contribution in [0.2, 0.25) is 0 Å². The van der Waals surface area contributed by atoms with E-state index in [2.05, 4.69) is 0 Å². The normalized spacial score (nSPS) is 13.1. The van der Waals surface area contributed by atoms with Gasteiger partial charge in [-0.25, -0.2) is 8.42 Å². The van der Waals surface area contributed by atoms with Crippen LogP contribution in [0.4, 0.5) is 0 Å². The maximum Gasteiger partial charge on any atom is 0.310 e. The van der Waals surface area contributed by atoms with Crippen LogP contribution in [0.1, 0.15) is 54.9 Å². The molecule has 0 bridgehead atoms. The Kier molecular flexibility index (Phi) is 8.16. The van der Waals surface area contributed by atoms with E-state index >= 15 is 0 Å². The molecule has 1 unspecified atom stereocenters. The first kappa shape index (κ1) is 24.3. The SMILES string of the molecule is COc1ccc(C=O)c(C(CCCC(C)(C)/C=C/S(=O)(=O)c2ccccc2)C(=O)O)c1. The van der Waals surface area contributed by atoms with Gasteiger partial charge >= 0.3 is 5.97 Å². The Morgan fingerprint density at radius 1 is 1.16 bits per heavy atom. The molecule has 6 nitrogen and oxygen atoms in total. The molecule has 1 atom stereocenters. The van der Waals surface area contributed by atoms with Gasteiger partial charge in [-0.2, -0.15) is 0 Å². The van der Waals surface area contributed by atoms with Crippen LogP contribution in [-0.2, 0) is 14.6 Å². The molecule has 1 N–H and O–H groups in total. The number of aliphatic carboxylic acids is 1. The Morgan fingerprint density at radius 3 is 2.42 bits per heavy atom. The van der Waals surface area contributed by atoms with Crippen molar-refractivity contribution in [1.82, 2.24) is 0 Å². The quantitative estimate of drug-likeness (QED) is 0.497. The van der Waals surface area contributed by atoms with E-state index < -0.39 is 27.1 Å². The van der Waals surface area contributed by atoms with Gasteiger partial charge in [0.1, 0.15) is 12.0 Å². The van der Waals surface area contributed by atoms with Crippen LogP contribution in [0.3, 0.4) is 0 Å². The summed E-state index contributed by atoms with van der Waals surface area (Å²) in [7, 11) is -2.06. The van der Waals surface area contributed by atoms with E-state index in [-0.39, 0.29) is 4.90 Å². The van der Waals surface area contributed by atoms with Gasteiger partial charge in [0.25, 0.3) is 0 Å². The first-order valence-electron chi connectivity index (χ1n) is 9.95. The zero-order chi connectivity index (χ0) is 23.1. The highest BCUT2D eigenvalue weighted by Crippen LogP contribution is 2.32. The number of carbonyl (C=O) groups is 2. The minimum absolute atomic E-state index is 0.229. The molecule has 7 heteroatoms. The van der Waals surface area contributed by atoms with Crippen LogP contribution in [0.25, 0.3) is 0 Å². The number of rotatable bonds is 11. The molecule has 31 heavy (non-hydrogen) atoms. The number of allylic oxidation sites excluding steroid dienone is 1. The maximum atomic E-state index is 12.5. The summed E-state index contributed by atoms with van der Waals surface area (Å²) < 4.78 is 30.1. The zero-order valence-corrected chi connectivity index (χ0v) is 18.8. The Hall–Kier alpha value is -2.93. The molecule has 0 fully saturated rings. The van der Waals surface area contributed by atoms with Crippen molar-refractivity contribution in [1.29, 1.82) is 0 Å². The van der Waals surface area contributed by atoms with Gasteiger partial charge < -0.3 is 9.84 Å². The van der Waals surface area contributed by atoms with Crippen LogP contribution in [0.15, 0.2) is 64.9 Å². The lowest BCUT2D eigenvalue weighted by molar-refractivity contribution is -0.139. The number of ether oxygens (including phenoxy) is 1. The summed E-state index contributed by atoms with van der Waals surface area (Å²) in [4.78, 5) is 23.5. The molecule has 0 aliphatic carbocycles. The van der Waals surface area contributed by atoms with E-state index in [1.54, 1.807) is 54.6 Å². The van der Waals surface area contributed by atoms with Crippen LogP contribution < -0.4 is 4.74 Å². The standard InChI is InChI=1S/C24H28O6S/c1-24(2,14-15-31(28,29)20-8-5-4-6-9-20)13-7-10-21(23(26)27)22-16-19(30-3)12-11-18(22)17-25/h4-6,8-9,11-12,14-17,21H,7,10,13H2,1-3H3,(H,26,27)/b15-14+. The lowest BCUT2D eigenvalue weighted by Crippen LogP contribution is -2.16. The number of aldehydes is 1. The summed E-state index contributed by atoms with van der Waals surface area (Å²) in [5, 5.41) is 10.9. The second-order valence-corrected chi connectivity index (χ2v) is 9.88. The van der Waals surface area contributed by atoms with Crippen molar-refractivity contribution < 1.29 is 27.9 Å². The number of carbonyl (C=O) groups excluding carboxylic acids is 1. The molecule has 0 spiro atoms. The Labute approximate surface area is 183 Å². The molecule has 0 amide bonds. The molecule has 2 aromatic rings. The van der Waals surface area contributed by atoms with Crippen molar-refractivity contribution in [3.63, 3.8) is 0 Å². The van der Waals surface area contributed by atoms with Gasteiger partial charge in [-0.1, -0.05) is 44.5 Å². The van der Waals surface area contributed by atoms with E-state index in [1.807, 2.05) is 13.8 Å². The fourth-order valence-corrected chi connectivity index (χ4v) is 4.55. The third-order valence-electron chi connectivity index (χ3n) is 5.18. The lowest BCUT2D eigenvalue weighted by atomic mass is 9.84. The number of carboxylic acid groups (broad SMARTS) is 1. The van der Waals surface area contributed by atoms with Crippen LogP contribution in [0.5, 0.6) is 5.75 Å². The molecule has 0 aromatic heterocycles. The van der Waals surface area contributed by atoms with E-state index in [9.17, 15) is 23.1 Å². The van der Waals surface area contributed by atoms with Crippen LogP contribution in [-0.4, -0.2) is 32.9 Å². The van der Waals surface area contributed by atoms with Crippen LogP contribution >= 0.6 is 0 Å². The van der Waals surface area contributed by atoms with Crippen molar-refractivity contribution in [2.24, 2.45) is 5.41 Å². The van der Waals surface area contributed by atoms with Gasteiger partial charge in [-0.3, -0.25) is 9.59 Å². The van der Waals surface area contributed by atoms with Crippen molar-refractivity contribution in [3.8, 4) is 5.75 Å². The van der Waals surface area contributed by atoms with Crippen molar-refractivity contribution >= 4 is 22.1 Å². The summed E-state index contributed by atoms with van der Waals surface area (Å²) in [6.45, 7) is 3.81. The fraction of sp³-hybridized carbons (Fsp3) is 0.333. The predicted molar refractivity (Wildman–Crippen MR) is 119 cm³/mol. The van der Waals surface area contributed by atoms with Gasteiger partial charge in [0.2, 0.25) is 0 Å². The second kappa shape index (κ2) is 10.4. The number of carboxylic acids is 1. The molecule has 0 aliphatic rings. The van der Waals surface area contributed by atoms with Crippen molar-refractivity contribution in [3.05, 3.63) is 71.1 Å². The molecule has 2 rings (SSSR count). The number of hydrogen-bond acceptors (Lipinski definition) is 5.